The summed E-state index contributed by atoms with van der Waals surface area (Å²) in [7, 11) is -3.65. The molecule has 5 nitrogen and oxygen atoms in total. The number of sulfonamides is 1. The van der Waals surface area contributed by atoms with Crippen molar-refractivity contribution in [3.05, 3.63) is 38.8 Å². The second-order valence-corrected chi connectivity index (χ2v) is 7.78. The SMILES string of the molecule is Cc1ncc(CNS(=O)(=O)c2cc(N)c(C)c(Cl)c2)s1. The van der Waals surface area contributed by atoms with Crippen molar-refractivity contribution in [1.82, 2.24) is 9.71 Å². The number of hydrogen-bond acceptors (Lipinski definition) is 5. The number of nitrogen functional groups attached to an aromatic ring is 1. The molecule has 0 aliphatic heterocycles. The van der Waals surface area contributed by atoms with Crippen LogP contribution in [0.5, 0.6) is 0 Å². The van der Waals surface area contributed by atoms with Gasteiger partial charge in [0.25, 0.3) is 0 Å². The lowest BCUT2D eigenvalue weighted by Crippen LogP contribution is -2.23. The molecule has 0 unspecified atom stereocenters. The number of benzene rings is 1. The topological polar surface area (TPSA) is 85.1 Å². The summed E-state index contributed by atoms with van der Waals surface area (Å²) < 4.78 is 26.9. The van der Waals surface area contributed by atoms with Gasteiger partial charge in [-0.3, -0.25) is 0 Å². The first-order chi connectivity index (χ1) is 9.29. The van der Waals surface area contributed by atoms with Crippen molar-refractivity contribution in [3.63, 3.8) is 0 Å². The van der Waals surface area contributed by atoms with Crippen LogP contribution in [0.15, 0.2) is 23.2 Å². The molecule has 0 fully saturated rings. The van der Waals surface area contributed by atoms with E-state index in [1.807, 2.05) is 6.92 Å². The van der Waals surface area contributed by atoms with Gasteiger partial charge in [0.05, 0.1) is 9.90 Å². The van der Waals surface area contributed by atoms with Crippen molar-refractivity contribution in [2.45, 2.75) is 25.3 Å². The van der Waals surface area contributed by atoms with E-state index in [1.165, 1.54) is 23.5 Å². The average molecular weight is 332 g/mol. The second-order valence-electron chi connectivity index (χ2n) is 4.29. The second kappa shape index (κ2) is 5.69. The summed E-state index contributed by atoms with van der Waals surface area (Å²) in [6, 6.07) is 2.80. The number of thiazole rings is 1. The molecule has 0 radical (unpaired) electrons. The maximum absolute atomic E-state index is 12.2. The van der Waals surface area contributed by atoms with Gasteiger partial charge in [-0.25, -0.2) is 18.1 Å². The molecule has 0 saturated heterocycles. The molecule has 2 aromatic rings. The number of nitrogens with two attached hydrogens (primary N) is 1. The lowest BCUT2D eigenvalue weighted by Gasteiger charge is -2.09. The highest BCUT2D eigenvalue weighted by Crippen LogP contribution is 2.26. The molecule has 0 amide bonds. The predicted molar refractivity (Wildman–Crippen MR) is 81.5 cm³/mol. The first-order valence-corrected chi connectivity index (χ1v) is 8.44. The minimum absolute atomic E-state index is 0.0619. The van der Waals surface area contributed by atoms with Crippen LogP contribution in [0.1, 0.15) is 15.4 Å². The molecule has 0 aliphatic rings. The first-order valence-electron chi connectivity index (χ1n) is 5.76. The molecular formula is C12H14ClN3O2S2. The summed E-state index contributed by atoms with van der Waals surface area (Å²) in [5, 5.41) is 1.22. The Labute approximate surface area is 126 Å². The van der Waals surface area contributed by atoms with Gasteiger partial charge in [-0.05, 0) is 31.5 Å². The van der Waals surface area contributed by atoms with E-state index in [0.717, 1.165) is 9.88 Å². The number of halogens is 1. The van der Waals surface area contributed by atoms with Gasteiger partial charge in [0.15, 0.2) is 0 Å². The van der Waals surface area contributed by atoms with Crippen LogP contribution < -0.4 is 10.5 Å². The van der Waals surface area contributed by atoms with Crippen LogP contribution in [0.25, 0.3) is 0 Å². The Morgan fingerprint density at radius 2 is 2.10 bits per heavy atom. The van der Waals surface area contributed by atoms with E-state index in [1.54, 1.807) is 13.1 Å². The van der Waals surface area contributed by atoms with Gasteiger partial charge in [0, 0.05) is 28.3 Å². The summed E-state index contributed by atoms with van der Waals surface area (Å²) in [6.45, 7) is 3.80. The van der Waals surface area contributed by atoms with Crippen LogP contribution in [-0.4, -0.2) is 13.4 Å². The Morgan fingerprint density at radius 3 is 2.65 bits per heavy atom. The van der Waals surface area contributed by atoms with E-state index in [0.29, 0.717) is 16.3 Å². The standard InChI is InChI=1S/C12H14ClN3O2S2/c1-7-11(13)3-10(4-12(7)14)20(17,18)16-6-9-5-15-8(2)19-9/h3-5,16H,6,14H2,1-2H3. The molecule has 1 aromatic heterocycles. The zero-order valence-corrected chi connectivity index (χ0v) is 13.4. The maximum atomic E-state index is 12.2. The Kier molecular flexibility index (Phi) is 4.33. The molecule has 1 heterocycles. The van der Waals surface area contributed by atoms with E-state index < -0.39 is 10.0 Å². The molecule has 0 aliphatic carbocycles. The van der Waals surface area contributed by atoms with Gasteiger partial charge in [-0.1, -0.05) is 11.6 Å². The molecule has 0 saturated carbocycles. The Hall–Kier alpha value is -1.15. The maximum Gasteiger partial charge on any atom is 0.241 e. The van der Waals surface area contributed by atoms with Crippen LogP contribution in [0, 0.1) is 13.8 Å². The number of hydrogen-bond donors (Lipinski definition) is 2. The molecule has 0 bridgehead atoms. The molecule has 20 heavy (non-hydrogen) atoms. The minimum Gasteiger partial charge on any atom is -0.398 e. The number of nitrogens with zero attached hydrogens (tertiary/aromatic N) is 1. The Morgan fingerprint density at radius 1 is 1.40 bits per heavy atom. The van der Waals surface area contributed by atoms with Gasteiger partial charge >= 0.3 is 0 Å². The fourth-order valence-electron chi connectivity index (χ4n) is 1.57. The first kappa shape index (κ1) is 15.2. The van der Waals surface area contributed by atoms with E-state index in [4.69, 9.17) is 17.3 Å². The van der Waals surface area contributed by atoms with E-state index in [2.05, 4.69) is 9.71 Å². The number of nitrogens with one attached hydrogen (secondary N) is 1. The van der Waals surface area contributed by atoms with Gasteiger partial charge in [-0.2, -0.15) is 0 Å². The average Bonchev–Trinajstić information content (AvgIpc) is 2.79. The molecule has 0 spiro atoms. The number of aromatic nitrogens is 1. The van der Waals surface area contributed by atoms with Crippen LogP contribution >= 0.6 is 22.9 Å². The molecular weight excluding hydrogens is 318 g/mol. The van der Waals surface area contributed by atoms with Gasteiger partial charge < -0.3 is 5.73 Å². The number of rotatable bonds is 4. The molecule has 108 valence electrons. The van der Waals surface area contributed by atoms with Crippen molar-refractivity contribution in [2.24, 2.45) is 0 Å². The van der Waals surface area contributed by atoms with Crippen molar-refractivity contribution < 1.29 is 8.42 Å². The number of aryl methyl sites for hydroxylation is 1. The zero-order valence-electron chi connectivity index (χ0n) is 11.0. The lowest BCUT2D eigenvalue weighted by molar-refractivity contribution is 0.582. The fourth-order valence-corrected chi connectivity index (χ4v) is 3.75. The summed E-state index contributed by atoms with van der Waals surface area (Å²) in [5.74, 6) is 0. The predicted octanol–water partition coefficient (Wildman–Crippen LogP) is 2.47. The summed E-state index contributed by atoms with van der Waals surface area (Å²) in [4.78, 5) is 4.98. The highest BCUT2D eigenvalue weighted by Gasteiger charge is 2.17. The zero-order chi connectivity index (χ0) is 14.9. The van der Waals surface area contributed by atoms with Gasteiger partial charge in [-0.15, -0.1) is 11.3 Å². The normalized spacial score (nSPS) is 11.8. The smallest absolute Gasteiger partial charge is 0.241 e. The monoisotopic (exact) mass is 331 g/mol. The summed E-state index contributed by atoms with van der Waals surface area (Å²) in [6.07, 6.45) is 1.65. The summed E-state index contributed by atoms with van der Waals surface area (Å²) in [5.41, 5.74) is 6.77. The largest absolute Gasteiger partial charge is 0.398 e. The van der Waals surface area contributed by atoms with E-state index >= 15 is 0 Å². The third-order valence-corrected chi connectivity index (χ3v) is 5.46. The highest BCUT2D eigenvalue weighted by atomic mass is 35.5. The fraction of sp³-hybridized carbons (Fsp3) is 0.250. The number of anilines is 1. The van der Waals surface area contributed by atoms with Crippen LogP contribution in [-0.2, 0) is 16.6 Å². The Bertz CT molecular complexity index is 718. The van der Waals surface area contributed by atoms with Crippen molar-refractivity contribution >= 4 is 38.6 Å². The van der Waals surface area contributed by atoms with Crippen molar-refractivity contribution in [2.75, 3.05) is 5.73 Å². The van der Waals surface area contributed by atoms with E-state index in [-0.39, 0.29) is 11.4 Å². The third-order valence-electron chi connectivity index (χ3n) is 2.77. The molecule has 8 heteroatoms. The van der Waals surface area contributed by atoms with Gasteiger partial charge in [0.2, 0.25) is 10.0 Å². The molecule has 2 rings (SSSR count). The highest BCUT2D eigenvalue weighted by molar-refractivity contribution is 7.89. The Balaban J connectivity index is 2.22. The quantitative estimate of drug-likeness (QED) is 0.843. The lowest BCUT2D eigenvalue weighted by atomic mass is 10.2. The molecule has 3 N–H and O–H groups in total. The van der Waals surface area contributed by atoms with Crippen molar-refractivity contribution in [3.8, 4) is 0 Å². The third kappa shape index (κ3) is 3.29. The van der Waals surface area contributed by atoms with Crippen LogP contribution in [0.4, 0.5) is 5.69 Å². The summed E-state index contributed by atoms with van der Waals surface area (Å²) >= 11 is 7.41. The van der Waals surface area contributed by atoms with Crippen molar-refractivity contribution in [1.29, 1.82) is 0 Å². The molecule has 0 atom stereocenters. The van der Waals surface area contributed by atoms with Crippen LogP contribution in [0.2, 0.25) is 5.02 Å². The van der Waals surface area contributed by atoms with Crippen LogP contribution in [0.3, 0.4) is 0 Å². The minimum atomic E-state index is -3.65. The molecule has 1 aromatic carbocycles. The van der Waals surface area contributed by atoms with Gasteiger partial charge in [0.1, 0.15) is 0 Å². The van der Waals surface area contributed by atoms with E-state index in [9.17, 15) is 8.42 Å².